The van der Waals surface area contributed by atoms with Crippen LogP contribution in [0.25, 0.3) is 0 Å². The Morgan fingerprint density at radius 1 is 1.17 bits per heavy atom. The summed E-state index contributed by atoms with van der Waals surface area (Å²) in [4.78, 5) is 15.8. The fraction of sp³-hybridized carbons (Fsp3) is 0.778. The zero-order chi connectivity index (χ0) is 16.1. The maximum atomic E-state index is 11.3. The first-order valence-electron chi connectivity index (χ1n) is 9.24. The molecule has 0 unspecified atom stereocenters. The molecule has 0 bridgehead atoms. The van der Waals surface area contributed by atoms with Gasteiger partial charge in [-0.2, -0.15) is 5.10 Å². The lowest BCUT2D eigenvalue weighted by molar-refractivity contribution is -0.130. The van der Waals surface area contributed by atoms with Gasteiger partial charge in [0.05, 0.1) is 11.7 Å². The highest BCUT2D eigenvalue weighted by atomic mass is 16.2. The number of hydrogen-bond acceptors (Lipinski definition) is 3. The molecule has 1 saturated carbocycles. The monoisotopic (exact) mass is 318 g/mol. The zero-order valence-corrected chi connectivity index (χ0v) is 14.4. The molecule has 5 nitrogen and oxygen atoms in total. The summed E-state index contributed by atoms with van der Waals surface area (Å²) < 4.78 is 2.21. The summed E-state index contributed by atoms with van der Waals surface area (Å²) >= 11 is 0. The van der Waals surface area contributed by atoms with Crippen LogP contribution in [0.3, 0.4) is 0 Å². The minimum atomic E-state index is 0.206. The normalized spacial score (nSPS) is 20.8. The molecule has 0 radical (unpaired) electrons. The van der Waals surface area contributed by atoms with Crippen molar-refractivity contribution in [1.82, 2.24) is 19.6 Å². The molecule has 5 heteroatoms. The van der Waals surface area contributed by atoms with Crippen LogP contribution in [-0.2, 0) is 11.2 Å². The molecular weight excluding hydrogens is 288 g/mol. The largest absolute Gasteiger partial charge is 0.340 e. The van der Waals surface area contributed by atoms with Gasteiger partial charge in [0.1, 0.15) is 0 Å². The number of carbonyl (C=O) groups is 1. The Bertz CT molecular complexity index is 499. The molecule has 0 atom stereocenters. The van der Waals surface area contributed by atoms with E-state index in [1.807, 2.05) is 4.90 Å². The molecule has 1 amide bonds. The van der Waals surface area contributed by atoms with Crippen molar-refractivity contribution >= 4 is 5.91 Å². The van der Waals surface area contributed by atoms with Gasteiger partial charge < -0.3 is 4.90 Å². The van der Waals surface area contributed by atoms with Crippen molar-refractivity contribution in [2.75, 3.05) is 32.7 Å². The molecule has 128 valence electrons. The molecule has 1 aromatic rings. The van der Waals surface area contributed by atoms with E-state index in [1.165, 1.54) is 37.8 Å². The van der Waals surface area contributed by atoms with Gasteiger partial charge in [-0.3, -0.25) is 14.4 Å². The van der Waals surface area contributed by atoms with Gasteiger partial charge in [0, 0.05) is 39.3 Å². The first-order chi connectivity index (χ1) is 11.2. The van der Waals surface area contributed by atoms with Crippen molar-refractivity contribution in [2.45, 2.75) is 57.9 Å². The Labute approximate surface area is 139 Å². The summed E-state index contributed by atoms with van der Waals surface area (Å²) in [6.07, 6.45) is 11.1. The van der Waals surface area contributed by atoms with Gasteiger partial charge >= 0.3 is 0 Å². The number of aromatic nitrogens is 2. The number of aryl methyl sites for hydroxylation is 1. The van der Waals surface area contributed by atoms with Gasteiger partial charge in [-0.05, 0) is 38.3 Å². The Balaban J connectivity index is 1.38. The van der Waals surface area contributed by atoms with E-state index < -0.39 is 0 Å². The minimum absolute atomic E-state index is 0.206. The highest BCUT2D eigenvalue weighted by molar-refractivity contribution is 5.73. The van der Waals surface area contributed by atoms with E-state index >= 15 is 0 Å². The predicted octanol–water partition coefficient (Wildman–Crippen LogP) is 2.49. The second-order valence-electron chi connectivity index (χ2n) is 7.03. The molecule has 1 aromatic heterocycles. The van der Waals surface area contributed by atoms with E-state index in [-0.39, 0.29) is 5.91 Å². The van der Waals surface area contributed by atoms with Gasteiger partial charge in [0.25, 0.3) is 0 Å². The SMILES string of the molecule is CC(=O)N1CCN(CCCc2ccn(C3CCCCC3)n2)CC1. The molecular formula is C18H30N4O. The number of nitrogens with zero attached hydrogens (tertiary/aromatic N) is 4. The number of hydrogen-bond donors (Lipinski definition) is 0. The number of amides is 1. The van der Waals surface area contributed by atoms with Crippen LogP contribution >= 0.6 is 0 Å². The van der Waals surface area contributed by atoms with Crippen molar-refractivity contribution < 1.29 is 4.79 Å². The summed E-state index contributed by atoms with van der Waals surface area (Å²) in [5, 5.41) is 4.80. The first kappa shape index (κ1) is 16.5. The second-order valence-corrected chi connectivity index (χ2v) is 7.03. The Kier molecular flexibility index (Phi) is 5.70. The Morgan fingerprint density at radius 3 is 2.61 bits per heavy atom. The van der Waals surface area contributed by atoms with Crippen molar-refractivity contribution in [1.29, 1.82) is 0 Å². The summed E-state index contributed by atoms with van der Waals surface area (Å²) in [5.41, 5.74) is 1.23. The summed E-state index contributed by atoms with van der Waals surface area (Å²) in [7, 11) is 0. The van der Waals surface area contributed by atoms with Crippen LogP contribution in [0.4, 0.5) is 0 Å². The van der Waals surface area contributed by atoms with E-state index in [0.717, 1.165) is 45.6 Å². The Morgan fingerprint density at radius 2 is 1.91 bits per heavy atom. The van der Waals surface area contributed by atoms with Crippen molar-refractivity contribution in [3.05, 3.63) is 18.0 Å². The molecule has 0 N–H and O–H groups in total. The lowest BCUT2D eigenvalue weighted by Crippen LogP contribution is -2.48. The molecule has 23 heavy (non-hydrogen) atoms. The second kappa shape index (κ2) is 7.95. The van der Waals surface area contributed by atoms with E-state index in [4.69, 9.17) is 5.10 Å². The van der Waals surface area contributed by atoms with Gasteiger partial charge in [-0.1, -0.05) is 19.3 Å². The van der Waals surface area contributed by atoms with Crippen LogP contribution in [0.2, 0.25) is 0 Å². The topological polar surface area (TPSA) is 41.4 Å². The molecule has 3 rings (SSSR count). The van der Waals surface area contributed by atoms with E-state index in [9.17, 15) is 4.79 Å². The van der Waals surface area contributed by atoms with Gasteiger partial charge in [-0.25, -0.2) is 0 Å². The standard InChI is InChI=1S/C18H30N4O/c1-16(23)21-14-12-20(13-15-21)10-5-6-17-9-11-22(19-17)18-7-3-2-4-8-18/h9,11,18H,2-8,10,12-15H2,1H3. The van der Waals surface area contributed by atoms with Gasteiger partial charge in [0.15, 0.2) is 0 Å². The maximum Gasteiger partial charge on any atom is 0.219 e. The highest BCUT2D eigenvalue weighted by Gasteiger charge is 2.18. The number of carbonyl (C=O) groups excluding carboxylic acids is 1. The zero-order valence-electron chi connectivity index (χ0n) is 14.4. The van der Waals surface area contributed by atoms with Crippen molar-refractivity contribution in [3.63, 3.8) is 0 Å². The lowest BCUT2D eigenvalue weighted by atomic mass is 9.96. The average molecular weight is 318 g/mol. The van der Waals surface area contributed by atoms with Crippen LogP contribution in [0.1, 0.15) is 57.2 Å². The Hall–Kier alpha value is -1.36. The maximum absolute atomic E-state index is 11.3. The molecule has 0 aromatic carbocycles. The average Bonchev–Trinajstić information content (AvgIpc) is 3.05. The number of piperazine rings is 1. The van der Waals surface area contributed by atoms with Crippen LogP contribution in [-0.4, -0.2) is 58.2 Å². The van der Waals surface area contributed by atoms with Crippen LogP contribution < -0.4 is 0 Å². The predicted molar refractivity (Wildman–Crippen MR) is 91.4 cm³/mol. The number of rotatable bonds is 5. The molecule has 1 aliphatic carbocycles. The minimum Gasteiger partial charge on any atom is -0.340 e. The quantitative estimate of drug-likeness (QED) is 0.837. The van der Waals surface area contributed by atoms with Gasteiger partial charge in [0.2, 0.25) is 5.91 Å². The highest BCUT2D eigenvalue weighted by Crippen LogP contribution is 2.27. The van der Waals surface area contributed by atoms with E-state index in [0.29, 0.717) is 6.04 Å². The van der Waals surface area contributed by atoms with E-state index in [2.05, 4.69) is 21.8 Å². The van der Waals surface area contributed by atoms with Crippen molar-refractivity contribution in [2.24, 2.45) is 0 Å². The third kappa shape index (κ3) is 4.56. The molecule has 1 aliphatic heterocycles. The fourth-order valence-electron chi connectivity index (χ4n) is 3.83. The first-order valence-corrected chi connectivity index (χ1v) is 9.24. The summed E-state index contributed by atoms with van der Waals surface area (Å²) in [6.45, 7) is 6.56. The van der Waals surface area contributed by atoms with Crippen LogP contribution in [0.5, 0.6) is 0 Å². The molecule has 2 aliphatic rings. The third-order valence-electron chi connectivity index (χ3n) is 5.34. The molecule has 0 spiro atoms. The summed E-state index contributed by atoms with van der Waals surface area (Å²) in [6, 6.07) is 2.83. The molecule has 2 heterocycles. The fourth-order valence-corrected chi connectivity index (χ4v) is 3.83. The lowest BCUT2D eigenvalue weighted by Gasteiger charge is -2.34. The van der Waals surface area contributed by atoms with E-state index in [1.54, 1.807) is 6.92 Å². The third-order valence-corrected chi connectivity index (χ3v) is 5.34. The van der Waals surface area contributed by atoms with Crippen LogP contribution in [0, 0.1) is 0 Å². The molecule has 2 fully saturated rings. The molecule has 1 saturated heterocycles. The van der Waals surface area contributed by atoms with Gasteiger partial charge in [-0.15, -0.1) is 0 Å². The van der Waals surface area contributed by atoms with Crippen molar-refractivity contribution in [3.8, 4) is 0 Å². The summed E-state index contributed by atoms with van der Waals surface area (Å²) in [5.74, 6) is 0.206. The smallest absolute Gasteiger partial charge is 0.219 e. The van der Waals surface area contributed by atoms with Crippen LogP contribution in [0.15, 0.2) is 12.3 Å².